The Morgan fingerprint density at radius 2 is 1.88 bits per heavy atom. The second-order valence-corrected chi connectivity index (χ2v) is 13.3. The number of fused-ring (bicyclic) bond motifs is 2. The van der Waals surface area contributed by atoms with E-state index in [4.69, 9.17) is 4.74 Å². The molecular formula is C33H40FN5O3. The quantitative estimate of drug-likeness (QED) is 0.356. The third-order valence-electron chi connectivity index (χ3n) is 8.72. The number of hydrogen-bond acceptors (Lipinski definition) is 6. The van der Waals surface area contributed by atoms with E-state index in [-0.39, 0.29) is 24.8 Å². The summed E-state index contributed by atoms with van der Waals surface area (Å²) < 4.78 is 21.0. The highest BCUT2D eigenvalue weighted by Gasteiger charge is 2.45. The number of rotatable bonds is 8. The molecule has 2 amide bonds. The predicted molar refractivity (Wildman–Crippen MR) is 160 cm³/mol. The molecule has 0 spiro atoms. The molecule has 2 aliphatic carbocycles. The molecule has 8 nitrogen and oxygen atoms in total. The van der Waals surface area contributed by atoms with Crippen molar-refractivity contribution in [3.8, 4) is 0 Å². The van der Waals surface area contributed by atoms with Gasteiger partial charge in [0, 0.05) is 42.5 Å². The minimum atomic E-state index is -0.634. The van der Waals surface area contributed by atoms with Gasteiger partial charge in [0.25, 0.3) is 5.91 Å². The lowest BCUT2D eigenvalue weighted by atomic mass is 9.85. The van der Waals surface area contributed by atoms with Crippen LogP contribution < -0.4 is 10.2 Å². The largest absolute Gasteiger partial charge is 0.444 e. The number of aromatic nitrogens is 2. The minimum absolute atomic E-state index is 0.127. The van der Waals surface area contributed by atoms with Crippen LogP contribution in [0.5, 0.6) is 0 Å². The van der Waals surface area contributed by atoms with Crippen molar-refractivity contribution < 1.29 is 18.7 Å². The van der Waals surface area contributed by atoms with Crippen molar-refractivity contribution in [2.24, 2.45) is 17.8 Å². The van der Waals surface area contributed by atoms with Gasteiger partial charge in [0.2, 0.25) is 0 Å². The average Bonchev–Trinajstić information content (AvgIpc) is 3.52. The lowest BCUT2D eigenvalue weighted by Crippen LogP contribution is -2.40. The van der Waals surface area contributed by atoms with E-state index in [0.29, 0.717) is 40.4 Å². The maximum Gasteiger partial charge on any atom is 0.410 e. The fourth-order valence-electron chi connectivity index (χ4n) is 6.10. The fraction of sp³-hybridized carbons (Fsp3) is 0.515. The van der Waals surface area contributed by atoms with E-state index >= 15 is 4.39 Å². The van der Waals surface area contributed by atoms with Crippen LogP contribution >= 0.6 is 0 Å². The Hall–Kier alpha value is -3.75. The maximum absolute atomic E-state index is 15.3. The van der Waals surface area contributed by atoms with Crippen LogP contribution in [0.25, 0.3) is 10.8 Å². The van der Waals surface area contributed by atoms with Crippen LogP contribution in [0.2, 0.25) is 0 Å². The van der Waals surface area contributed by atoms with Crippen molar-refractivity contribution in [1.29, 1.82) is 0 Å². The van der Waals surface area contributed by atoms with Gasteiger partial charge in [-0.15, -0.1) is 0 Å². The summed E-state index contributed by atoms with van der Waals surface area (Å²) in [7, 11) is 0. The molecule has 2 saturated carbocycles. The summed E-state index contributed by atoms with van der Waals surface area (Å²) in [6.45, 7) is 10.3. The molecule has 2 unspecified atom stereocenters. The Morgan fingerprint density at radius 1 is 1.12 bits per heavy atom. The van der Waals surface area contributed by atoms with Crippen molar-refractivity contribution in [1.82, 2.24) is 20.2 Å². The SMILES string of the molecule is Cc1nc(CNC(=O)c2cncc(N3CC4CC4C3)c2)cc2cc(CN(CC3CCC3)C(=O)OC(C)(C)C)c(F)cc12. The summed E-state index contributed by atoms with van der Waals surface area (Å²) >= 11 is 0. The molecule has 3 aliphatic rings. The minimum Gasteiger partial charge on any atom is -0.444 e. The van der Waals surface area contributed by atoms with Crippen LogP contribution in [0, 0.1) is 30.5 Å². The number of ether oxygens (including phenoxy) is 1. The summed E-state index contributed by atoms with van der Waals surface area (Å²) in [5.74, 6) is 1.42. The van der Waals surface area contributed by atoms with Crippen molar-refractivity contribution >= 4 is 28.5 Å². The van der Waals surface area contributed by atoms with Crippen LogP contribution in [0.15, 0.2) is 36.7 Å². The molecule has 2 atom stereocenters. The molecule has 3 fully saturated rings. The smallest absolute Gasteiger partial charge is 0.410 e. The number of anilines is 1. The van der Waals surface area contributed by atoms with Crippen LogP contribution in [-0.4, -0.2) is 52.1 Å². The molecule has 222 valence electrons. The Morgan fingerprint density at radius 3 is 2.57 bits per heavy atom. The normalized spacial score (nSPS) is 19.8. The van der Waals surface area contributed by atoms with Crippen molar-refractivity contribution in [2.45, 2.75) is 72.1 Å². The number of benzene rings is 1. The predicted octanol–water partition coefficient (Wildman–Crippen LogP) is 6.00. The zero-order valence-corrected chi connectivity index (χ0v) is 25.0. The number of halogens is 1. The van der Waals surface area contributed by atoms with E-state index in [1.165, 1.54) is 12.5 Å². The van der Waals surface area contributed by atoms with Gasteiger partial charge in [0.1, 0.15) is 11.4 Å². The van der Waals surface area contributed by atoms with E-state index in [2.05, 4.69) is 20.2 Å². The second-order valence-electron chi connectivity index (χ2n) is 13.3. The van der Waals surface area contributed by atoms with Gasteiger partial charge < -0.3 is 19.9 Å². The summed E-state index contributed by atoms with van der Waals surface area (Å²) in [4.78, 5) is 38.9. The Bertz CT molecular complexity index is 1510. The Labute approximate surface area is 246 Å². The molecule has 42 heavy (non-hydrogen) atoms. The molecule has 1 aliphatic heterocycles. The molecule has 0 radical (unpaired) electrons. The van der Waals surface area contributed by atoms with Crippen LogP contribution in [0.3, 0.4) is 0 Å². The molecule has 6 rings (SSSR count). The van der Waals surface area contributed by atoms with E-state index in [9.17, 15) is 9.59 Å². The van der Waals surface area contributed by atoms with E-state index < -0.39 is 11.7 Å². The number of pyridine rings is 2. The molecule has 1 aromatic carbocycles. The summed E-state index contributed by atoms with van der Waals surface area (Å²) in [6.07, 6.45) is 7.59. The van der Waals surface area contributed by atoms with Crippen molar-refractivity contribution in [3.05, 3.63) is 65.0 Å². The third-order valence-corrected chi connectivity index (χ3v) is 8.72. The van der Waals surface area contributed by atoms with Gasteiger partial charge >= 0.3 is 6.09 Å². The topological polar surface area (TPSA) is 87.7 Å². The van der Waals surface area contributed by atoms with Gasteiger partial charge in [-0.05, 0) is 94.4 Å². The number of piperidine rings is 1. The number of carbonyl (C=O) groups excluding carboxylic acids is 2. The Kier molecular flexibility index (Phi) is 7.53. The molecule has 2 aromatic heterocycles. The number of carbonyl (C=O) groups is 2. The number of nitrogens with zero attached hydrogens (tertiary/aromatic N) is 4. The molecule has 1 N–H and O–H groups in total. The maximum atomic E-state index is 15.3. The standard InChI is InChI=1S/C33H40FN5O3/c1-20-29-12-30(34)26(19-39(16-21-6-5-7-21)32(41)42-33(2,3)4)8-22(29)10-27(37-20)14-36-31(40)23-11-28(15-35-13-23)38-17-24-9-25(24)18-38/h8,10-13,15,21,24-25H,5-7,9,14,16-19H2,1-4H3,(H,36,40). The zero-order chi connectivity index (χ0) is 29.6. The monoisotopic (exact) mass is 573 g/mol. The van der Waals surface area contributed by atoms with Gasteiger partial charge in [0.05, 0.1) is 36.2 Å². The highest BCUT2D eigenvalue weighted by molar-refractivity contribution is 5.94. The van der Waals surface area contributed by atoms with Crippen molar-refractivity contribution in [2.75, 3.05) is 24.5 Å². The van der Waals surface area contributed by atoms with Gasteiger partial charge in [-0.1, -0.05) is 6.42 Å². The van der Waals surface area contributed by atoms with Gasteiger partial charge in [-0.3, -0.25) is 14.8 Å². The highest BCUT2D eigenvalue weighted by Crippen LogP contribution is 2.46. The first-order valence-corrected chi connectivity index (χ1v) is 15.1. The highest BCUT2D eigenvalue weighted by atomic mass is 19.1. The van der Waals surface area contributed by atoms with Gasteiger partial charge in [-0.2, -0.15) is 0 Å². The summed E-state index contributed by atoms with van der Waals surface area (Å²) in [5, 5.41) is 4.48. The van der Waals surface area contributed by atoms with E-state index in [1.54, 1.807) is 17.2 Å². The van der Waals surface area contributed by atoms with E-state index in [0.717, 1.165) is 55.3 Å². The molecule has 1 saturated heterocycles. The van der Waals surface area contributed by atoms with Crippen LogP contribution in [0.1, 0.15) is 73.8 Å². The molecule has 3 heterocycles. The van der Waals surface area contributed by atoms with Crippen LogP contribution in [-0.2, 0) is 17.8 Å². The third kappa shape index (κ3) is 6.35. The first-order valence-electron chi connectivity index (χ1n) is 15.1. The van der Waals surface area contributed by atoms with E-state index in [1.807, 2.05) is 46.0 Å². The molecule has 9 heteroatoms. The number of aryl methyl sites for hydroxylation is 1. The summed E-state index contributed by atoms with van der Waals surface area (Å²) in [6, 6.07) is 7.06. The fourth-order valence-corrected chi connectivity index (χ4v) is 6.10. The van der Waals surface area contributed by atoms with Crippen LogP contribution in [0.4, 0.5) is 14.9 Å². The molecular weight excluding hydrogens is 533 g/mol. The summed E-state index contributed by atoms with van der Waals surface area (Å²) in [5.41, 5.74) is 2.65. The lowest BCUT2D eigenvalue weighted by Gasteiger charge is -2.33. The lowest BCUT2D eigenvalue weighted by molar-refractivity contribution is 0.0171. The number of amides is 2. The van der Waals surface area contributed by atoms with Gasteiger partial charge in [-0.25, -0.2) is 9.18 Å². The Balaban J connectivity index is 1.17. The number of nitrogens with one attached hydrogen (secondary N) is 1. The molecule has 3 aromatic rings. The first kappa shape index (κ1) is 28.4. The first-order chi connectivity index (χ1) is 20.0. The second kappa shape index (κ2) is 11.2. The molecule has 0 bridgehead atoms. The average molecular weight is 574 g/mol. The number of hydrogen-bond donors (Lipinski definition) is 1. The van der Waals surface area contributed by atoms with Crippen molar-refractivity contribution in [3.63, 3.8) is 0 Å². The van der Waals surface area contributed by atoms with Gasteiger partial charge in [0.15, 0.2) is 0 Å². The zero-order valence-electron chi connectivity index (χ0n) is 25.0.